The van der Waals surface area contributed by atoms with Gasteiger partial charge in [0.1, 0.15) is 0 Å². The molecule has 3 rings (SSSR count). The second kappa shape index (κ2) is 8.56. The molecule has 1 aromatic heterocycles. The molecule has 1 fully saturated rings. The van der Waals surface area contributed by atoms with Gasteiger partial charge in [-0.2, -0.15) is 5.10 Å². The number of carbonyl (C=O) groups is 2. The summed E-state index contributed by atoms with van der Waals surface area (Å²) in [5.74, 6) is -0.848. The van der Waals surface area contributed by atoms with Gasteiger partial charge in [0.15, 0.2) is 0 Å². The first-order chi connectivity index (χ1) is 13.4. The summed E-state index contributed by atoms with van der Waals surface area (Å²) in [5, 5.41) is 13.5. The molecule has 7 nitrogen and oxygen atoms in total. The third-order valence-corrected chi connectivity index (χ3v) is 5.24. The van der Waals surface area contributed by atoms with Crippen LogP contribution < -0.4 is 0 Å². The van der Waals surface area contributed by atoms with Gasteiger partial charge in [-0.15, -0.1) is 0 Å². The number of carboxylic acids is 1. The maximum atomic E-state index is 12.6. The third-order valence-electron chi connectivity index (χ3n) is 5.24. The number of rotatable bonds is 7. The smallest absolute Gasteiger partial charge is 0.303 e. The van der Waals surface area contributed by atoms with Gasteiger partial charge in [-0.25, -0.2) is 4.68 Å². The van der Waals surface area contributed by atoms with E-state index in [9.17, 15) is 9.59 Å². The number of benzene rings is 1. The third kappa shape index (κ3) is 4.42. The maximum Gasteiger partial charge on any atom is 0.303 e. The van der Waals surface area contributed by atoms with Crippen LogP contribution in [0.15, 0.2) is 24.3 Å². The first-order valence-electron chi connectivity index (χ1n) is 9.61. The molecule has 1 aliphatic rings. The van der Waals surface area contributed by atoms with E-state index in [4.69, 9.17) is 9.84 Å². The largest absolute Gasteiger partial charge is 0.481 e. The van der Waals surface area contributed by atoms with Crippen molar-refractivity contribution in [1.29, 1.82) is 0 Å². The number of amides is 1. The SMILES string of the molecule is Cc1nn(-c2ccc(C(=O)N(C)CC3CCCO3)cc2)c(C)c1CCC(=O)O. The van der Waals surface area contributed by atoms with E-state index in [-0.39, 0.29) is 18.4 Å². The summed E-state index contributed by atoms with van der Waals surface area (Å²) >= 11 is 0. The van der Waals surface area contributed by atoms with Crippen molar-refractivity contribution in [3.8, 4) is 5.69 Å². The first kappa shape index (κ1) is 20.1. The number of aliphatic carboxylic acids is 1. The van der Waals surface area contributed by atoms with E-state index in [0.29, 0.717) is 18.5 Å². The van der Waals surface area contributed by atoms with Crippen LogP contribution in [0, 0.1) is 13.8 Å². The Morgan fingerprint density at radius 3 is 2.61 bits per heavy atom. The Morgan fingerprint density at radius 1 is 1.29 bits per heavy atom. The first-order valence-corrected chi connectivity index (χ1v) is 9.61. The number of carbonyl (C=O) groups excluding carboxylic acids is 1. The van der Waals surface area contributed by atoms with E-state index in [1.807, 2.05) is 26.0 Å². The maximum absolute atomic E-state index is 12.6. The monoisotopic (exact) mass is 385 g/mol. The number of likely N-dealkylation sites (N-methyl/N-ethyl adjacent to an activating group) is 1. The number of nitrogens with zero attached hydrogens (tertiary/aromatic N) is 3. The molecular formula is C21H27N3O4. The van der Waals surface area contributed by atoms with Gasteiger partial charge in [-0.05, 0) is 62.9 Å². The predicted octanol–water partition coefficient (Wildman–Crippen LogP) is 2.76. The van der Waals surface area contributed by atoms with Crippen LogP contribution in [0.3, 0.4) is 0 Å². The second-order valence-corrected chi connectivity index (χ2v) is 7.32. The number of carboxylic acid groups (broad SMARTS) is 1. The van der Waals surface area contributed by atoms with Crippen LogP contribution in [0.25, 0.3) is 5.69 Å². The van der Waals surface area contributed by atoms with E-state index in [1.165, 1.54) is 0 Å². The van der Waals surface area contributed by atoms with Crippen LogP contribution >= 0.6 is 0 Å². The van der Waals surface area contributed by atoms with E-state index in [1.54, 1.807) is 28.8 Å². The van der Waals surface area contributed by atoms with Crippen molar-refractivity contribution in [1.82, 2.24) is 14.7 Å². The lowest BCUT2D eigenvalue weighted by Crippen LogP contribution is -2.34. The topological polar surface area (TPSA) is 84.7 Å². The summed E-state index contributed by atoms with van der Waals surface area (Å²) in [6, 6.07) is 7.34. The Kier molecular flexibility index (Phi) is 6.14. The molecule has 2 aromatic rings. The summed E-state index contributed by atoms with van der Waals surface area (Å²) in [6.45, 7) is 5.20. The molecule has 1 unspecified atom stereocenters. The number of hydrogen-bond donors (Lipinski definition) is 1. The molecule has 0 radical (unpaired) electrons. The average molecular weight is 385 g/mol. The lowest BCUT2D eigenvalue weighted by Gasteiger charge is -2.21. The molecule has 150 valence electrons. The molecule has 0 spiro atoms. The van der Waals surface area contributed by atoms with Crippen molar-refractivity contribution in [2.75, 3.05) is 20.2 Å². The van der Waals surface area contributed by atoms with Gasteiger partial charge in [0.25, 0.3) is 5.91 Å². The van der Waals surface area contributed by atoms with Crippen LogP contribution in [0.4, 0.5) is 0 Å². The lowest BCUT2D eigenvalue weighted by molar-refractivity contribution is -0.136. The molecule has 1 N–H and O–H groups in total. The fourth-order valence-electron chi connectivity index (χ4n) is 3.66. The minimum Gasteiger partial charge on any atom is -0.481 e. The van der Waals surface area contributed by atoms with Crippen LogP contribution in [0.2, 0.25) is 0 Å². The van der Waals surface area contributed by atoms with E-state index >= 15 is 0 Å². The summed E-state index contributed by atoms with van der Waals surface area (Å²) < 4.78 is 7.41. The molecule has 7 heteroatoms. The highest BCUT2D eigenvalue weighted by Gasteiger charge is 2.21. The van der Waals surface area contributed by atoms with Crippen LogP contribution in [0.1, 0.15) is 46.6 Å². The predicted molar refractivity (Wildman–Crippen MR) is 105 cm³/mol. The fraction of sp³-hybridized carbons (Fsp3) is 0.476. The highest BCUT2D eigenvalue weighted by molar-refractivity contribution is 5.94. The molecule has 0 aliphatic carbocycles. The van der Waals surface area contributed by atoms with E-state index in [0.717, 1.165) is 42.1 Å². The molecule has 1 aliphatic heterocycles. The van der Waals surface area contributed by atoms with E-state index in [2.05, 4.69) is 5.10 Å². The van der Waals surface area contributed by atoms with Crippen LogP contribution in [-0.2, 0) is 16.0 Å². The molecule has 1 atom stereocenters. The van der Waals surface area contributed by atoms with Gasteiger partial charge in [0, 0.05) is 37.9 Å². The quantitative estimate of drug-likeness (QED) is 0.792. The Balaban J connectivity index is 1.72. The molecule has 1 aromatic carbocycles. The van der Waals surface area contributed by atoms with Gasteiger partial charge >= 0.3 is 5.97 Å². The molecule has 0 bridgehead atoms. The highest BCUT2D eigenvalue weighted by atomic mass is 16.5. The molecule has 2 heterocycles. The van der Waals surface area contributed by atoms with Gasteiger partial charge in [0.05, 0.1) is 17.5 Å². The fourth-order valence-corrected chi connectivity index (χ4v) is 3.66. The zero-order valence-corrected chi connectivity index (χ0v) is 16.6. The van der Waals surface area contributed by atoms with Crippen molar-refractivity contribution in [2.45, 2.75) is 45.6 Å². The van der Waals surface area contributed by atoms with Crippen LogP contribution in [-0.4, -0.2) is 58.0 Å². The van der Waals surface area contributed by atoms with Crippen molar-refractivity contribution in [3.05, 3.63) is 46.8 Å². The Bertz CT molecular complexity index is 851. The lowest BCUT2D eigenvalue weighted by atomic mass is 10.1. The number of aryl methyl sites for hydroxylation is 1. The van der Waals surface area contributed by atoms with Crippen molar-refractivity contribution in [3.63, 3.8) is 0 Å². The summed E-state index contributed by atoms with van der Waals surface area (Å²) in [6.07, 6.45) is 2.72. The van der Waals surface area contributed by atoms with Crippen LogP contribution in [0.5, 0.6) is 0 Å². The Morgan fingerprint density at radius 2 is 2.00 bits per heavy atom. The van der Waals surface area contributed by atoms with Gasteiger partial charge in [-0.1, -0.05) is 0 Å². The minimum absolute atomic E-state index is 0.0300. The number of ether oxygens (including phenoxy) is 1. The van der Waals surface area contributed by atoms with Crippen molar-refractivity contribution in [2.24, 2.45) is 0 Å². The summed E-state index contributed by atoms with van der Waals surface area (Å²) in [4.78, 5) is 25.2. The molecule has 1 amide bonds. The molecule has 1 saturated heterocycles. The van der Waals surface area contributed by atoms with Crippen molar-refractivity contribution < 1.29 is 19.4 Å². The molecule has 0 saturated carbocycles. The number of hydrogen-bond acceptors (Lipinski definition) is 4. The normalized spacial score (nSPS) is 16.3. The molecule has 28 heavy (non-hydrogen) atoms. The van der Waals surface area contributed by atoms with Gasteiger partial charge in [0.2, 0.25) is 0 Å². The highest BCUT2D eigenvalue weighted by Crippen LogP contribution is 2.20. The standard InChI is InChI=1S/C21H27N3O4/c1-14-19(10-11-20(25)26)15(2)24(22-14)17-8-6-16(7-9-17)21(27)23(3)13-18-5-4-12-28-18/h6-9,18H,4-5,10-13H2,1-3H3,(H,25,26). The van der Waals surface area contributed by atoms with Gasteiger partial charge < -0.3 is 14.7 Å². The molecular weight excluding hydrogens is 358 g/mol. The second-order valence-electron chi connectivity index (χ2n) is 7.32. The van der Waals surface area contributed by atoms with Gasteiger partial charge in [-0.3, -0.25) is 9.59 Å². The summed E-state index contributed by atoms with van der Waals surface area (Å²) in [7, 11) is 1.80. The number of aromatic nitrogens is 2. The average Bonchev–Trinajstić information content (AvgIpc) is 3.27. The van der Waals surface area contributed by atoms with Crippen molar-refractivity contribution >= 4 is 11.9 Å². The Hall–Kier alpha value is -2.67. The summed E-state index contributed by atoms with van der Waals surface area (Å²) in [5.41, 5.74) is 4.18. The van der Waals surface area contributed by atoms with E-state index < -0.39 is 5.97 Å². The minimum atomic E-state index is -0.818. The zero-order chi connectivity index (χ0) is 20.3. The Labute approximate surface area is 164 Å². The zero-order valence-electron chi connectivity index (χ0n) is 16.6.